The Labute approximate surface area is 203 Å². The van der Waals surface area contributed by atoms with Gasteiger partial charge in [0.25, 0.3) is 0 Å². The second-order valence-electron chi connectivity index (χ2n) is 8.46. The Morgan fingerprint density at radius 2 is 1.44 bits per heavy atom. The van der Waals surface area contributed by atoms with Crippen molar-refractivity contribution in [2.75, 3.05) is 36.0 Å². The van der Waals surface area contributed by atoms with Crippen molar-refractivity contribution in [3.8, 4) is 0 Å². The average molecular weight is 486 g/mol. The Hall–Kier alpha value is -2.20. The van der Waals surface area contributed by atoms with Crippen LogP contribution in [0.15, 0.2) is 66.7 Å². The molecule has 0 spiro atoms. The van der Waals surface area contributed by atoms with E-state index in [9.17, 15) is 4.79 Å². The van der Waals surface area contributed by atoms with Crippen LogP contribution in [-0.4, -0.2) is 32.0 Å². The summed E-state index contributed by atoms with van der Waals surface area (Å²) in [5.74, 6) is 0.621. The zero-order chi connectivity index (χ0) is 22.2. The van der Waals surface area contributed by atoms with Crippen molar-refractivity contribution >= 4 is 52.0 Å². The number of hydrogen-bond acceptors (Lipinski definition) is 3. The zero-order valence-corrected chi connectivity index (χ0v) is 19.7. The Bertz CT molecular complexity index is 1120. The van der Waals surface area contributed by atoms with Crippen molar-refractivity contribution in [3.63, 3.8) is 0 Å². The van der Waals surface area contributed by atoms with E-state index in [1.165, 1.54) is 5.56 Å². The third kappa shape index (κ3) is 4.34. The van der Waals surface area contributed by atoms with Crippen LogP contribution >= 0.6 is 34.8 Å². The Balaban J connectivity index is 1.20. The molecule has 2 aliphatic rings. The molecule has 1 aliphatic heterocycles. The van der Waals surface area contributed by atoms with Crippen LogP contribution in [0.5, 0.6) is 0 Å². The van der Waals surface area contributed by atoms with E-state index in [1.807, 2.05) is 54.6 Å². The number of benzene rings is 3. The van der Waals surface area contributed by atoms with E-state index in [0.717, 1.165) is 54.6 Å². The first-order chi connectivity index (χ1) is 15.5. The van der Waals surface area contributed by atoms with Crippen molar-refractivity contribution in [1.29, 1.82) is 0 Å². The molecule has 3 aromatic rings. The first kappa shape index (κ1) is 21.6. The molecule has 5 rings (SSSR count). The average Bonchev–Trinajstić information content (AvgIpc) is 3.62. The van der Waals surface area contributed by atoms with Gasteiger partial charge in [-0.25, -0.2) is 0 Å². The molecular formula is C26H23Cl3N2O. The summed E-state index contributed by atoms with van der Waals surface area (Å²) >= 11 is 18.5. The first-order valence-electron chi connectivity index (χ1n) is 10.8. The quantitative estimate of drug-likeness (QED) is 0.365. The van der Waals surface area contributed by atoms with Gasteiger partial charge in [0.15, 0.2) is 5.78 Å². The molecule has 1 heterocycles. The summed E-state index contributed by atoms with van der Waals surface area (Å²) in [6.07, 6.45) is 0.913. The van der Waals surface area contributed by atoms with Gasteiger partial charge < -0.3 is 9.80 Å². The maximum Gasteiger partial charge on any atom is 0.166 e. The number of carbonyl (C=O) groups is 1. The third-order valence-electron chi connectivity index (χ3n) is 6.49. The van der Waals surface area contributed by atoms with Crippen LogP contribution in [0.25, 0.3) is 0 Å². The fourth-order valence-electron chi connectivity index (χ4n) is 4.56. The summed E-state index contributed by atoms with van der Waals surface area (Å²) in [6, 6.07) is 21.7. The fraction of sp³-hybridized carbons (Fsp3) is 0.269. The lowest BCUT2D eigenvalue weighted by molar-refractivity contribution is 0.0965. The molecule has 0 amide bonds. The summed E-state index contributed by atoms with van der Waals surface area (Å²) in [4.78, 5) is 17.5. The van der Waals surface area contributed by atoms with Crippen LogP contribution in [0.2, 0.25) is 15.1 Å². The highest BCUT2D eigenvalue weighted by molar-refractivity contribution is 6.43. The smallest absolute Gasteiger partial charge is 0.166 e. The second-order valence-corrected chi connectivity index (χ2v) is 9.68. The van der Waals surface area contributed by atoms with Crippen LogP contribution in [0.1, 0.15) is 28.3 Å². The highest BCUT2D eigenvalue weighted by Crippen LogP contribution is 2.49. The molecule has 3 aromatic carbocycles. The van der Waals surface area contributed by atoms with Gasteiger partial charge in [-0.05, 0) is 66.4 Å². The summed E-state index contributed by atoms with van der Waals surface area (Å²) in [6.45, 7) is 3.51. The minimum absolute atomic E-state index is 0.0769. The number of hydrogen-bond donors (Lipinski definition) is 0. The fourth-order valence-corrected chi connectivity index (χ4v) is 5.10. The number of anilines is 2. The van der Waals surface area contributed by atoms with Gasteiger partial charge in [0.05, 0.1) is 15.7 Å². The second kappa shape index (κ2) is 8.97. The van der Waals surface area contributed by atoms with Crippen LogP contribution in [0.4, 0.5) is 11.4 Å². The summed E-state index contributed by atoms with van der Waals surface area (Å²) < 4.78 is 0. The van der Waals surface area contributed by atoms with Gasteiger partial charge in [-0.1, -0.05) is 53.0 Å². The number of ketones is 1. The number of Topliss-reactive ketones (excluding diaryl/α,β-unsaturated/α-hetero) is 1. The van der Waals surface area contributed by atoms with E-state index < -0.39 is 0 Å². The van der Waals surface area contributed by atoms with Crippen molar-refractivity contribution in [2.45, 2.75) is 12.3 Å². The van der Waals surface area contributed by atoms with Gasteiger partial charge in [0, 0.05) is 48.4 Å². The maximum atomic E-state index is 12.9. The predicted octanol–water partition coefficient (Wildman–Crippen LogP) is 6.96. The van der Waals surface area contributed by atoms with Gasteiger partial charge in [0.1, 0.15) is 0 Å². The van der Waals surface area contributed by atoms with E-state index in [0.29, 0.717) is 16.0 Å². The molecule has 2 unspecified atom stereocenters. The van der Waals surface area contributed by atoms with Crippen LogP contribution in [0, 0.1) is 5.92 Å². The minimum atomic E-state index is 0.0769. The highest BCUT2D eigenvalue weighted by Gasteiger charge is 2.43. The lowest BCUT2D eigenvalue weighted by Gasteiger charge is -2.37. The standard InChI is InChI=1S/C26H23Cl3N2O/c27-19-8-4-17(5-9-19)21-16-22(21)26(32)18-6-10-20(11-7-18)30-12-14-31(15-13-30)24-3-1-2-23(28)25(24)29/h1-11,21-22H,12-16H2. The Morgan fingerprint density at radius 1 is 0.781 bits per heavy atom. The molecule has 2 fully saturated rings. The van der Waals surface area contributed by atoms with E-state index in [-0.39, 0.29) is 11.7 Å². The molecule has 1 saturated carbocycles. The molecule has 0 N–H and O–H groups in total. The summed E-state index contributed by atoms with van der Waals surface area (Å²) in [5.41, 5.74) is 4.12. The normalized spacial score (nSPS) is 20.3. The molecule has 2 atom stereocenters. The van der Waals surface area contributed by atoms with Gasteiger partial charge in [0.2, 0.25) is 0 Å². The molecule has 1 saturated heterocycles. The lowest BCUT2D eigenvalue weighted by Crippen LogP contribution is -2.46. The maximum absolute atomic E-state index is 12.9. The zero-order valence-electron chi connectivity index (χ0n) is 17.5. The molecule has 164 valence electrons. The molecule has 3 nitrogen and oxygen atoms in total. The Kier molecular flexibility index (Phi) is 6.07. The molecule has 0 aromatic heterocycles. The first-order valence-corrected chi connectivity index (χ1v) is 12.0. The Morgan fingerprint density at radius 3 is 2.12 bits per heavy atom. The molecule has 0 radical (unpaired) electrons. The van der Waals surface area contributed by atoms with E-state index >= 15 is 0 Å². The van der Waals surface area contributed by atoms with Crippen molar-refractivity contribution in [2.24, 2.45) is 5.92 Å². The monoisotopic (exact) mass is 484 g/mol. The number of carbonyl (C=O) groups excluding carboxylic acids is 1. The third-order valence-corrected chi connectivity index (χ3v) is 7.55. The van der Waals surface area contributed by atoms with Crippen molar-refractivity contribution in [3.05, 3.63) is 92.9 Å². The number of piperazine rings is 1. The van der Waals surface area contributed by atoms with Gasteiger partial charge in [-0.15, -0.1) is 0 Å². The number of nitrogens with zero attached hydrogens (tertiary/aromatic N) is 2. The van der Waals surface area contributed by atoms with Gasteiger partial charge in [-0.3, -0.25) is 4.79 Å². The van der Waals surface area contributed by atoms with Crippen molar-refractivity contribution < 1.29 is 4.79 Å². The molecule has 0 bridgehead atoms. The van der Waals surface area contributed by atoms with E-state index in [1.54, 1.807) is 0 Å². The SMILES string of the molecule is O=C(c1ccc(N2CCN(c3cccc(Cl)c3Cl)CC2)cc1)C1CC1c1ccc(Cl)cc1. The number of rotatable bonds is 5. The van der Waals surface area contributed by atoms with Gasteiger partial charge in [-0.2, -0.15) is 0 Å². The van der Waals surface area contributed by atoms with Crippen LogP contribution < -0.4 is 9.80 Å². The van der Waals surface area contributed by atoms with Crippen LogP contribution in [-0.2, 0) is 0 Å². The largest absolute Gasteiger partial charge is 0.368 e. The van der Waals surface area contributed by atoms with E-state index in [2.05, 4.69) is 21.9 Å². The van der Waals surface area contributed by atoms with Crippen molar-refractivity contribution in [1.82, 2.24) is 0 Å². The highest BCUT2D eigenvalue weighted by atomic mass is 35.5. The molecular weight excluding hydrogens is 463 g/mol. The topological polar surface area (TPSA) is 23.6 Å². The molecule has 6 heteroatoms. The minimum Gasteiger partial charge on any atom is -0.368 e. The lowest BCUT2D eigenvalue weighted by atomic mass is 10.0. The van der Waals surface area contributed by atoms with Gasteiger partial charge >= 0.3 is 0 Å². The summed E-state index contributed by atoms with van der Waals surface area (Å²) in [7, 11) is 0. The molecule has 32 heavy (non-hydrogen) atoms. The number of halogens is 3. The van der Waals surface area contributed by atoms with E-state index in [4.69, 9.17) is 34.8 Å². The van der Waals surface area contributed by atoms with Crippen LogP contribution in [0.3, 0.4) is 0 Å². The molecule has 1 aliphatic carbocycles. The summed E-state index contributed by atoms with van der Waals surface area (Å²) in [5, 5.41) is 1.92. The predicted molar refractivity (Wildman–Crippen MR) is 134 cm³/mol.